The van der Waals surface area contributed by atoms with Gasteiger partial charge in [0.1, 0.15) is 4.90 Å². The lowest BCUT2D eigenvalue weighted by atomic mass is 10.4. The molecule has 0 N–H and O–H groups in total. The highest BCUT2D eigenvalue weighted by atomic mass is 32.2. The van der Waals surface area contributed by atoms with Crippen molar-refractivity contribution >= 4 is 16.1 Å². The summed E-state index contributed by atoms with van der Waals surface area (Å²) >= 11 is 0. The summed E-state index contributed by atoms with van der Waals surface area (Å²) < 4.78 is 33.4. The maximum atomic E-state index is 12.9. The largest absolute Gasteiger partial charge is 0.453 e. The van der Waals surface area contributed by atoms with Crippen molar-refractivity contribution in [2.75, 3.05) is 33.3 Å². The van der Waals surface area contributed by atoms with E-state index in [1.165, 1.54) is 16.3 Å². The van der Waals surface area contributed by atoms with E-state index in [1.807, 2.05) is 0 Å². The van der Waals surface area contributed by atoms with Gasteiger partial charge in [-0.25, -0.2) is 13.2 Å². The van der Waals surface area contributed by atoms with Crippen LogP contribution in [0.2, 0.25) is 0 Å². The number of carbonyl (C=O) groups excluding carboxylic acids is 1. The molecule has 1 aliphatic rings. The SMILES string of the molecule is COC(=O)N1CCCN(S(=O)(=O)c2c(C)nn(C)c2C)CC1. The molecule has 0 aliphatic carbocycles. The van der Waals surface area contributed by atoms with Crippen molar-refractivity contribution < 1.29 is 17.9 Å². The van der Waals surface area contributed by atoms with Crippen LogP contribution in [0.1, 0.15) is 17.8 Å². The van der Waals surface area contributed by atoms with Crippen LogP contribution in [0.5, 0.6) is 0 Å². The molecule has 1 amide bonds. The van der Waals surface area contributed by atoms with Gasteiger partial charge in [0.15, 0.2) is 0 Å². The summed E-state index contributed by atoms with van der Waals surface area (Å²) in [5.74, 6) is 0. The number of carbonyl (C=O) groups is 1. The Kier molecular flexibility index (Phi) is 4.76. The molecule has 9 heteroatoms. The number of aryl methyl sites for hydroxylation is 2. The van der Waals surface area contributed by atoms with E-state index in [0.29, 0.717) is 37.4 Å². The Bertz CT molecular complexity index is 668. The highest BCUT2D eigenvalue weighted by molar-refractivity contribution is 7.89. The van der Waals surface area contributed by atoms with Crippen molar-refractivity contribution in [3.8, 4) is 0 Å². The molecular weight excluding hydrogens is 308 g/mol. The van der Waals surface area contributed by atoms with Crippen LogP contribution in [0.25, 0.3) is 0 Å². The van der Waals surface area contributed by atoms with Crippen LogP contribution in [0.3, 0.4) is 0 Å². The summed E-state index contributed by atoms with van der Waals surface area (Å²) in [6.45, 7) is 4.88. The van der Waals surface area contributed by atoms with E-state index in [1.54, 1.807) is 25.6 Å². The number of nitrogens with zero attached hydrogens (tertiary/aromatic N) is 4. The Morgan fingerprint density at radius 3 is 2.41 bits per heavy atom. The number of ether oxygens (including phenoxy) is 1. The molecule has 22 heavy (non-hydrogen) atoms. The number of rotatable bonds is 2. The zero-order valence-corrected chi connectivity index (χ0v) is 14.2. The first-order chi connectivity index (χ1) is 10.3. The lowest BCUT2D eigenvalue weighted by molar-refractivity contribution is 0.126. The molecule has 0 radical (unpaired) electrons. The number of hydrogen-bond acceptors (Lipinski definition) is 5. The quantitative estimate of drug-likeness (QED) is 0.788. The maximum Gasteiger partial charge on any atom is 0.409 e. The Balaban J connectivity index is 2.25. The molecule has 0 unspecified atom stereocenters. The van der Waals surface area contributed by atoms with Crippen LogP contribution >= 0.6 is 0 Å². The van der Waals surface area contributed by atoms with Crippen LogP contribution in [-0.4, -0.2) is 66.8 Å². The summed E-state index contributed by atoms with van der Waals surface area (Å²) in [5.41, 5.74) is 1.11. The lowest BCUT2D eigenvalue weighted by Gasteiger charge is -2.21. The zero-order valence-electron chi connectivity index (χ0n) is 13.4. The zero-order chi connectivity index (χ0) is 16.5. The fraction of sp³-hybridized carbons (Fsp3) is 0.692. The van der Waals surface area contributed by atoms with E-state index in [4.69, 9.17) is 4.74 Å². The van der Waals surface area contributed by atoms with Gasteiger partial charge in [-0.3, -0.25) is 4.68 Å². The molecule has 1 aliphatic heterocycles. The third-order valence-corrected chi connectivity index (χ3v) is 6.08. The standard InChI is InChI=1S/C13H22N4O4S/c1-10-12(11(2)15(3)14-10)22(19,20)17-7-5-6-16(8-9-17)13(18)21-4/h5-9H2,1-4H3. The van der Waals surface area contributed by atoms with Gasteiger partial charge in [0, 0.05) is 33.2 Å². The van der Waals surface area contributed by atoms with Crippen molar-refractivity contribution in [3.63, 3.8) is 0 Å². The molecule has 1 aromatic heterocycles. The first-order valence-corrected chi connectivity index (χ1v) is 8.56. The van der Waals surface area contributed by atoms with Gasteiger partial charge in [-0.1, -0.05) is 0 Å². The minimum absolute atomic E-state index is 0.255. The Hall–Kier alpha value is -1.61. The first kappa shape index (κ1) is 16.8. The van der Waals surface area contributed by atoms with Gasteiger partial charge in [-0.05, 0) is 20.3 Å². The normalized spacial score (nSPS) is 17.4. The van der Waals surface area contributed by atoms with Crippen LogP contribution in [0.4, 0.5) is 4.79 Å². The second kappa shape index (κ2) is 6.25. The van der Waals surface area contributed by atoms with Gasteiger partial charge in [0.2, 0.25) is 10.0 Å². The molecule has 2 rings (SSSR count). The fourth-order valence-electron chi connectivity index (χ4n) is 2.70. The number of sulfonamides is 1. The lowest BCUT2D eigenvalue weighted by Crippen LogP contribution is -2.37. The molecule has 0 atom stereocenters. The highest BCUT2D eigenvalue weighted by Gasteiger charge is 2.32. The van der Waals surface area contributed by atoms with E-state index in [-0.39, 0.29) is 11.4 Å². The van der Waals surface area contributed by atoms with Gasteiger partial charge in [-0.2, -0.15) is 9.40 Å². The third-order valence-electron chi connectivity index (χ3n) is 3.93. The smallest absolute Gasteiger partial charge is 0.409 e. The van der Waals surface area contributed by atoms with E-state index < -0.39 is 16.1 Å². The molecule has 1 fully saturated rings. The van der Waals surface area contributed by atoms with Gasteiger partial charge in [0.25, 0.3) is 0 Å². The molecule has 0 spiro atoms. The second-order valence-electron chi connectivity index (χ2n) is 5.34. The monoisotopic (exact) mass is 330 g/mol. The van der Waals surface area contributed by atoms with E-state index in [0.717, 1.165) is 0 Å². The summed E-state index contributed by atoms with van der Waals surface area (Å²) in [6, 6.07) is 0. The first-order valence-electron chi connectivity index (χ1n) is 7.12. The topological polar surface area (TPSA) is 84.7 Å². The van der Waals surface area contributed by atoms with Crippen molar-refractivity contribution in [3.05, 3.63) is 11.4 Å². The number of hydrogen-bond donors (Lipinski definition) is 0. The Morgan fingerprint density at radius 1 is 1.18 bits per heavy atom. The average molecular weight is 330 g/mol. The summed E-state index contributed by atoms with van der Waals surface area (Å²) in [6.07, 6.45) is 0.153. The summed E-state index contributed by atoms with van der Waals surface area (Å²) in [5, 5.41) is 4.18. The molecule has 8 nitrogen and oxygen atoms in total. The summed E-state index contributed by atoms with van der Waals surface area (Å²) in [7, 11) is -0.562. The van der Waals surface area contributed by atoms with Crippen LogP contribution in [0, 0.1) is 13.8 Å². The Labute approximate surface area is 130 Å². The Morgan fingerprint density at radius 2 is 1.86 bits per heavy atom. The van der Waals surface area contributed by atoms with Gasteiger partial charge >= 0.3 is 6.09 Å². The number of amides is 1. The van der Waals surface area contributed by atoms with Gasteiger partial charge in [-0.15, -0.1) is 0 Å². The van der Waals surface area contributed by atoms with Crippen LogP contribution in [0.15, 0.2) is 4.90 Å². The molecular formula is C13H22N4O4S. The predicted molar refractivity (Wildman–Crippen MR) is 80.0 cm³/mol. The highest BCUT2D eigenvalue weighted by Crippen LogP contribution is 2.24. The molecule has 1 saturated heterocycles. The van der Waals surface area contributed by atoms with Gasteiger partial charge < -0.3 is 9.64 Å². The molecule has 0 saturated carbocycles. The molecule has 124 valence electrons. The summed E-state index contributed by atoms with van der Waals surface area (Å²) in [4.78, 5) is 13.4. The van der Waals surface area contributed by atoms with Crippen molar-refractivity contribution in [1.82, 2.24) is 19.0 Å². The number of methoxy groups -OCH3 is 1. The molecule has 0 aromatic carbocycles. The van der Waals surface area contributed by atoms with E-state index >= 15 is 0 Å². The van der Waals surface area contributed by atoms with E-state index in [2.05, 4.69) is 5.10 Å². The van der Waals surface area contributed by atoms with Crippen molar-refractivity contribution in [2.45, 2.75) is 25.2 Å². The van der Waals surface area contributed by atoms with Crippen molar-refractivity contribution in [2.24, 2.45) is 7.05 Å². The molecule has 1 aromatic rings. The molecule has 0 bridgehead atoms. The number of aromatic nitrogens is 2. The van der Waals surface area contributed by atoms with Crippen LogP contribution < -0.4 is 0 Å². The fourth-order valence-corrected chi connectivity index (χ4v) is 4.57. The predicted octanol–water partition coefficient (Wildman–Crippen LogP) is 0.500. The minimum atomic E-state index is -3.61. The average Bonchev–Trinajstić information content (AvgIpc) is 2.66. The third kappa shape index (κ3) is 2.95. The second-order valence-corrected chi connectivity index (χ2v) is 7.21. The maximum absolute atomic E-state index is 12.9. The van der Waals surface area contributed by atoms with E-state index in [9.17, 15) is 13.2 Å². The minimum Gasteiger partial charge on any atom is -0.453 e. The van der Waals surface area contributed by atoms with Gasteiger partial charge in [0.05, 0.1) is 18.5 Å². The molecule has 2 heterocycles. The van der Waals surface area contributed by atoms with Crippen molar-refractivity contribution in [1.29, 1.82) is 0 Å². The van der Waals surface area contributed by atoms with Crippen LogP contribution in [-0.2, 0) is 21.8 Å².